The minimum absolute atomic E-state index is 0.0618. The van der Waals surface area contributed by atoms with Gasteiger partial charge in [-0.3, -0.25) is 9.69 Å². The summed E-state index contributed by atoms with van der Waals surface area (Å²) in [5.41, 5.74) is 0.681. The van der Waals surface area contributed by atoms with Crippen LogP contribution in [0.3, 0.4) is 0 Å². The number of rotatable bonds is 4. The first-order chi connectivity index (χ1) is 9.27. The third-order valence-corrected chi connectivity index (χ3v) is 3.25. The molecule has 0 fully saturated rings. The van der Waals surface area contributed by atoms with Crippen LogP contribution in [0.5, 0.6) is 0 Å². The molecular formula is C13H13N3O3S. The number of anilines is 1. The fourth-order valence-corrected chi connectivity index (χ4v) is 1.90. The van der Waals surface area contributed by atoms with Crippen LogP contribution in [0.2, 0.25) is 0 Å². The molecule has 20 heavy (non-hydrogen) atoms. The van der Waals surface area contributed by atoms with E-state index in [-0.39, 0.29) is 10.5 Å². The first-order valence-electron chi connectivity index (χ1n) is 5.45. The van der Waals surface area contributed by atoms with E-state index in [1.54, 1.807) is 6.07 Å². The number of primary sulfonamides is 1. The van der Waals surface area contributed by atoms with Gasteiger partial charge in [0.05, 0.1) is 11.0 Å². The maximum atomic E-state index is 12.0. The van der Waals surface area contributed by atoms with E-state index in [2.05, 4.69) is 6.58 Å². The molecule has 6 nitrogen and oxygen atoms in total. The van der Waals surface area contributed by atoms with E-state index in [1.165, 1.54) is 42.3 Å². The molecule has 0 aliphatic carbocycles. The number of nitrogens with zero attached hydrogens (tertiary/aromatic N) is 2. The fourth-order valence-electron chi connectivity index (χ4n) is 1.38. The average Bonchev–Trinajstić information content (AvgIpc) is 2.38. The molecule has 0 radical (unpaired) electrons. The van der Waals surface area contributed by atoms with Crippen molar-refractivity contribution in [3.05, 3.63) is 48.7 Å². The largest absolute Gasteiger partial charge is 0.283 e. The summed E-state index contributed by atoms with van der Waals surface area (Å²) >= 11 is 0. The summed E-state index contributed by atoms with van der Waals surface area (Å²) < 4.78 is 22.3. The highest BCUT2D eigenvalue weighted by Gasteiger charge is 2.15. The predicted octanol–water partition coefficient (Wildman–Crippen LogP) is 1.28. The zero-order valence-electron chi connectivity index (χ0n) is 10.8. The van der Waals surface area contributed by atoms with Crippen molar-refractivity contribution in [3.8, 4) is 6.07 Å². The average molecular weight is 291 g/mol. The van der Waals surface area contributed by atoms with Gasteiger partial charge in [0.25, 0.3) is 5.91 Å². The molecule has 0 aromatic heterocycles. The number of carbonyl (C=O) groups is 1. The molecule has 0 saturated carbocycles. The summed E-state index contributed by atoms with van der Waals surface area (Å²) in [6.07, 6.45) is 2.41. The second-order valence-electron chi connectivity index (χ2n) is 3.94. The molecule has 2 N–H and O–H groups in total. The molecule has 0 aliphatic heterocycles. The van der Waals surface area contributed by atoms with Gasteiger partial charge in [-0.15, -0.1) is 0 Å². The summed E-state index contributed by atoms with van der Waals surface area (Å²) in [5.74, 6) is -0.403. The zero-order valence-corrected chi connectivity index (χ0v) is 11.6. The minimum atomic E-state index is -3.79. The van der Waals surface area contributed by atoms with Crippen LogP contribution in [-0.2, 0) is 14.8 Å². The number of nitriles is 1. The molecule has 0 aliphatic rings. The number of hydrogen-bond acceptors (Lipinski definition) is 4. The number of allylic oxidation sites excluding steroid dienone is 1. The van der Waals surface area contributed by atoms with Gasteiger partial charge in [-0.1, -0.05) is 6.58 Å². The van der Waals surface area contributed by atoms with Crippen LogP contribution in [0, 0.1) is 11.3 Å². The molecule has 104 valence electrons. The Hall–Kier alpha value is -2.43. The van der Waals surface area contributed by atoms with Gasteiger partial charge in [-0.2, -0.15) is 5.26 Å². The van der Waals surface area contributed by atoms with Gasteiger partial charge in [0.2, 0.25) is 10.0 Å². The van der Waals surface area contributed by atoms with E-state index in [9.17, 15) is 13.2 Å². The smallest absolute Gasteiger partial charge is 0.257 e. The lowest BCUT2D eigenvalue weighted by Gasteiger charge is -2.18. The van der Waals surface area contributed by atoms with Gasteiger partial charge in [-0.05, 0) is 31.2 Å². The van der Waals surface area contributed by atoms with Crippen LogP contribution in [0.1, 0.15) is 6.92 Å². The highest BCUT2D eigenvalue weighted by Crippen LogP contribution is 2.19. The Kier molecular flexibility index (Phi) is 4.80. The van der Waals surface area contributed by atoms with Crippen molar-refractivity contribution in [2.24, 2.45) is 5.14 Å². The highest BCUT2D eigenvalue weighted by molar-refractivity contribution is 7.89. The van der Waals surface area contributed by atoms with Gasteiger partial charge in [0, 0.05) is 23.5 Å². The molecule has 0 spiro atoms. The molecule has 1 amide bonds. The Morgan fingerprint density at radius 3 is 2.35 bits per heavy atom. The van der Waals surface area contributed by atoms with Crippen LogP contribution >= 0.6 is 0 Å². The third kappa shape index (κ3) is 3.78. The van der Waals surface area contributed by atoms with Crippen LogP contribution in [0.4, 0.5) is 5.69 Å². The van der Waals surface area contributed by atoms with Crippen molar-refractivity contribution in [2.75, 3.05) is 4.90 Å². The van der Waals surface area contributed by atoms with Crippen molar-refractivity contribution >= 4 is 21.6 Å². The Morgan fingerprint density at radius 2 is 1.95 bits per heavy atom. The van der Waals surface area contributed by atoms with Gasteiger partial charge in [0.15, 0.2) is 0 Å². The number of carbonyl (C=O) groups excluding carboxylic acids is 1. The van der Waals surface area contributed by atoms with Gasteiger partial charge in [0.1, 0.15) is 0 Å². The number of hydrogen-bond donors (Lipinski definition) is 1. The lowest BCUT2D eigenvalue weighted by molar-refractivity contribution is -0.114. The van der Waals surface area contributed by atoms with Crippen LogP contribution in [0.25, 0.3) is 0 Å². The maximum Gasteiger partial charge on any atom is 0.257 e. The van der Waals surface area contributed by atoms with Crippen molar-refractivity contribution < 1.29 is 13.2 Å². The van der Waals surface area contributed by atoms with Crippen LogP contribution < -0.4 is 10.0 Å². The quantitative estimate of drug-likeness (QED) is 0.666. The Morgan fingerprint density at radius 1 is 1.40 bits per heavy atom. The number of benzene rings is 1. The van der Waals surface area contributed by atoms with Gasteiger partial charge >= 0.3 is 0 Å². The highest BCUT2D eigenvalue weighted by atomic mass is 32.2. The Labute approximate surface area is 117 Å². The molecule has 0 heterocycles. The standard InChI is InChI=1S/C13H13N3O3S/c1-10(2)13(17)16(9-3-8-14)11-4-6-12(7-5-11)20(15,18)19/h3-7,9H,1H2,2H3,(H2,15,18,19). The van der Waals surface area contributed by atoms with Crippen LogP contribution in [0.15, 0.2) is 53.6 Å². The normalized spacial score (nSPS) is 11.1. The number of sulfonamides is 1. The molecule has 7 heteroatoms. The molecular weight excluding hydrogens is 278 g/mol. The van der Waals surface area contributed by atoms with E-state index in [0.29, 0.717) is 5.69 Å². The molecule has 0 atom stereocenters. The van der Waals surface area contributed by atoms with E-state index in [4.69, 9.17) is 10.4 Å². The first-order valence-corrected chi connectivity index (χ1v) is 7.00. The van der Waals surface area contributed by atoms with E-state index in [0.717, 1.165) is 6.08 Å². The lowest BCUT2D eigenvalue weighted by Crippen LogP contribution is -2.25. The third-order valence-electron chi connectivity index (χ3n) is 2.33. The molecule has 1 aromatic carbocycles. The number of amides is 1. The van der Waals surface area contributed by atoms with Crippen molar-refractivity contribution in [3.63, 3.8) is 0 Å². The Bertz CT molecular complexity index is 697. The van der Waals surface area contributed by atoms with Gasteiger partial charge < -0.3 is 0 Å². The summed E-state index contributed by atoms with van der Waals surface area (Å²) in [5, 5.41) is 13.5. The van der Waals surface area contributed by atoms with Crippen LogP contribution in [-0.4, -0.2) is 14.3 Å². The van der Waals surface area contributed by atoms with E-state index < -0.39 is 15.9 Å². The predicted molar refractivity (Wildman–Crippen MR) is 74.9 cm³/mol. The zero-order chi connectivity index (χ0) is 15.3. The Balaban J connectivity index is 3.23. The SMILES string of the molecule is C=C(C)C(=O)N(C=CC#N)c1ccc(S(N)(=O)=O)cc1. The second-order valence-corrected chi connectivity index (χ2v) is 5.50. The molecule has 0 bridgehead atoms. The van der Waals surface area contributed by atoms with E-state index >= 15 is 0 Å². The lowest BCUT2D eigenvalue weighted by atomic mass is 10.2. The molecule has 0 saturated heterocycles. The van der Waals surface area contributed by atoms with Crippen molar-refractivity contribution in [1.29, 1.82) is 5.26 Å². The minimum Gasteiger partial charge on any atom is -0.283 e. The first kappa shape index (κ1) is 15.6. The summed E-state index contributed by atoms with van der Waals surface area (Å²) in [6.45, 7) is 5.08. The molecule has 0 unspecified atom stereocenters. The van der Waals surface area contributed by atoms with Crippen molar-refractivity contribution in [2.45, 2.75) is 11.8 Å². The van der Waals surface area contributed by atoms with E-state index in [1.807, 2.05) is 0 Å². The maximum absolute atomic E-state index is 12.0. The summed E-state index contributed by atoms with van der Waals surface area (Å²) in [6, 6.07) is 7.18. The summed E-state index contributed by atoms with van der Waals surface area (Å²) in [4.78, 5) is 13.1. The molecule has 1 rings (SSSR count). The number of nitrogens with two attached hydrogens (primary N) is 1. The van der Waals surface area contributed by atoms with Gasteiger partial charge in [-0.25, -0.2) is 13.6 Å². The monoisotopic (exact) mass is 291 g/mol. The topological polar surface area (TPSA) is 104 Å². The summed E-state index contributed by atoms with van der Waals surface area (Å²) in [7, 11) is -3.79. The van der Waals surface area contributed by atoms with Crippen molar-refractivity contribution in [1.82, 2.24) is 0 Å². The molecule has 1 aromatic rings. The fraction of sp³-hybridized carbons (Fsp3) is 0.0769. The second kappa shape index (κ2) is 6.14.